The van der Waals surface area contributed by atoms with Crippen LogP contribution in [0, 0.1) is 0 Å². The number of carbonyl (C=O) groups excluding carboxylic acids is 1. The lowest BCUT2D eigenvalue weighted by molar-refractivity contribution is -0.118. The highest BCUT2D eigenvalue weighted by molar-refractivity contribution is 5.85. The maximum absolute atomic E-state index is 10.5. The molecule has 0 aromatic heterocycles. The van der Waals surface area contributed by atoms with Crippen molar-refractivity contribution in [3.05, 3.63) is 0 Å². The molecule has 0 spiro atoms. The summed E-state index contributed by atoms with van der Waals surface area (Å²) in [6.07, 6.45) is 1.58. The monoisotopic (exact) mass is 112 g/mol. The van der Waals surface area contributed by atoms with Crippen LogP contribution < -0.4 is 5.32 Å². The van der Waals surface area contributed by atoms with Gasteiger partial charge in [-0.3, -0.25) is 9.79 Å². The highest BCUT2D eigenvalue weighted by Crippen LogP contribution is 1.90. The topological polar surface area (TPSA) is 41.5 Å². The molecule has 0 saturated heterocycles. The molecule has 0 saturated carbocycles. The van der Waals surface area contributed by atoms with E-state index in [4.69, 9.17) is 0 Å². The third-order valence-electron chi connectivity index (χ3n) is 1.15. The van der Waals surface area contributed by atoms with E-state index in [2.05, 4.69) is 10.3 Å². The van der Waals surface area contributed by atoms with Crippen LogP contribution in [0.25, 0.3) is 0 Å². The molecule has 0 amide bonds. The van der Waals surface area contributed by atoms with Crippen LogP contribution in [-0.4, -0.2) is 24.7 Å². The average molecular weight is 112 g/mol. The minimum atomic E-state index is -0.0463. The predicted octanol–water partition coefficient (Wildman–Crippen LogP) is -0.425. The smallest absolute Gasteiger partial charge is 0.153 e. The van der Waals surface area contributed by atoms with Crippen LogP contribution in [0.5, 0.6) is 0 Å². The molecule has 0 fully saturated rings. The molecule has 1 atom stereocenters. The van der Waals surface area contributed by atoms with Crippen molar-refractivity contribution in [2.45, 2.75) is 13.0 Å². The van der Waals surface area contributed by atoms with Gasteiger partial charge in [0.2, 0.25) is 0 Å². The second-order valence-electron chi connectivity index (χ2n) is 1.82. The second-order valence-corrected chi connectivity index (χ2v) is 1.82. The molecule has 0 radical (unpaired) electrons. The molecule has 8 heavy (non-hydrogen) atoms. The Morgan fingerprint density at radius 1 is 2.00 bits per heavy atom. The molecule has 3 nitrogen and oxygen atoms in total. The molecule has 1 aliphatic rings. The molecule has 0 aromatic carbocycles. The normalized spacial score (nSPS) is 25.4. The van der Waals surface area contributed by atoms with Crippen molar-refractivity contribution in [1.82, 2.24) is 5.32 Å². The molecule has 1 unspecified atom stereocenters. The number of rotatable bonds is 1. The van der Waals surface area contributed by atoms with E-state index < -0.39 is 0 Å². The largest absolute Gasteiger partial charge is 0.365 e. The highest BCUT2D eigenvalue weighted by atomic mass is 16.1. The average Bonchev–Trinajstić information content (AvgIpc) is 2.12. The minimum absolute atomic E-state index is 0.0463. The third kappa shape index (κ3) is 0.857. The maximum Gasteiger partial charge on any atom is 0.153 e. The zero-order valence-electron chi connectivity index (χ0n) is 4.72. The van der Waals surface area contributed by atoms with Gasteiger partial charge in [0.15, 0.2) is 5.78 Å². The summed E-state index contributed by atoms with van der Waals surface area (Å²) in [5.41, 5.74) is 0. The zero-order valence-corrected chi connectivity index (χ0v) is 4.72. The first-order valence-corrected chi connectivity index (χ1v) is 2.55. The Labute approximate surface area is 47.8 Å². The number of nitrogens with one attached hydrogen (secondary N) is 1. The molecule has 44 valence electrons. The van der Waals surface area contributed by atoms with E-state index >= 15 is 0 Å². The van der Waals surface area contributed by atoms with Crippen molar-refractivity contribution >= 4 is 12.1 Å². The molecule has 1 N–H and O–H groups in total. The zero-order chi connectivity index (χ0) is 5.98. The highest BCUT2D eigenvalue weighted by Gasteiger charge is 2.13. The van der Waals surface area contributed by atoms with Crippen molar-refractivity contribution in [2.75, 3.05) is 6.54 Å². The Morgan fingerprint density at radius 2 is 2.75 bits per heavy atom. The van der Waals surface area contributed by atoms with Crippen molar-refractivity contribution < 1.29 is 4.79 Å². The standard InChI is InChI=1S/C5H8N2O/c1-4(8)5-2-6-3-7-5/h3,5H,2H2,1H3,(H,6,7). The van der Waals surface area contributed by atoms with Crippen LogP contribution in [0.3, 0.4) is 0 Å². The van der Waals surface area contributed by atoms with Gasteiger partial charge in [0.25, 0.3) is 0 Å². The van der Waals surface area contributed by atoms with Gasteiger partial charge in [-0.25, -0.2) is 0 Å². The molecular weight excluding hydrogens is 104 g/mol. The molecule has 0 aromatic rings. The summed E-state index contributed by atoms with van der Waals surface area (Å²) < 4.78 is 0. The number of Topliss-reactive ketones (excluding diaryl/α,β-unsaturated/α-hetero) is 1. The van der Waals surface area contributed by atoms with E-state index in [0.29, 0.717) is 6.54 Å². The van der Waals surface area contributed by atoms with Crippen LogP contribution in [0.2, 0.25) is 0 Å². The van der Waals surface area contributed by atoms with Gasteiger partial charge in [-0.15, -0.1) is 0 Å². The van der Waals surface area contributed by atoms with Gasteiger partial charge in [0, 0.05) is 0 Å². The molecule has 1 aliphatic heterocycles. The fourth-order valence-corrected chi connectivity index (χ4v) is 0.599. The van der Waals surface area contributed by atoms with Crippen LogP contribution in [0.4, 0.5) is 0 Å². The Balaban J connectivity index is 2.41. The Kier molecular flexibility index (Phi) is 1.28. The van der Waals surface area contributed by atoms with Gasteiger partial charge in [-0.1, -0.05) is 0 Å². The summed E-state index contributed by atoms with van der Waals surface area (Å²) in [4.78, 5) is 14.3. The van der Waals surface area contributed by atoms with Crippen molar-refractivity contribution in [2.24, 2.45) is 4.99 Å². The molecule has 3 heteroatoms. The van der Waals surface area contributed by atoms with Gasteiger partial charge in [-0.2, -0.15) is 0 Å². The van der Waals surface area contributed by atoms with Gasteiger partial charge in [-0.05, 0) is 6.92 Å². The molecule has 0 aliphatic carbocycles. The number of hydrogen-bond acceptors (Lipinski definition) is 3. The fraction of sp³-hybridized carbons (Fsp3) is 0.600. The first kappa shape index (κ1) is 5.28. The SMILES string of the molecule is CC(=O)C1CN=CN1. The first-order chi connectivity index (χ1) is 3.80. The van der Waals surface area contributed by atoms with E-state index in [9.17, 15) is 4.79 Å². The van der Waals surface area contributed by atoms with Crippen LogP contribution in [-0.2, 0) is 4.79 Å². The third-order valence-corrected chi connectivity index (χ3v) is 1.15. The summed E-state index contributed by atoms with van der Waals surface area (Å²) in [6, 6.07) is -0.0463. The summed E-state index contributed by atoms with van der Waals surface area (Å²) in [5.74, 6) is 0.155. The fourth-order valence-electron chi connectivity index (χ4n) is 0.599. The Bertz CT molecular complexity index is 122. The van der Waals surface area contributed by atoms with Gasteiger partial charge < -0.3 is 5.32 Å². The Hall–Kier alpha value is -0.860. The number of nitrogens with zero attached hydrogens (tertiary/aromatic N) is 1. The molecule has 1 rings (SSSR count). The first-order valence-electron chi connectivity index (χ1n) is 2.55. The number of carbonyl (C=O) groups is 1. The Morgan fingerprint density at radius 3 is 3.00 bits per heavy atom. The maximum atomic E-state index is 10.5. The van der Waals surface area contributed by atoms with E-state index in [0.717, 1.165) is 0 Å². The number of ketones is 1. The van der Waals surface area contributed by atoms with Crippen LogP contribution >= 0.6 is 0 Å². The minimum Gasteiger partial charge on any atom is -0.365 e. The van der Waals surface area contributed by atoms with E-state index in [-0.39, 0.29) is 11.8 Å². The van der Waals surface area contributed by atoms with Crippen molar-refractivity contribution in [3.63, 3.8) is 0 Å². The number of hydrogen-bond donors (Lipinski definition) is 1. The molecule has 0 bridgehead atoms. The summed E-state index contributed by atoms with van der Waals surface area (Å²) in [6.45, 7) is 2.17. The molecular formula is C5H8N2O. The summed E-state index contributed by atoms with van der Waals surface area (Å²) in [5, 5.41) is 2.81. The summed E-state index contributed by atoms with van der Waals surface area (Å²) >= 11 is 0. The van der Waals surface area contributed by atoms with Gasteiger partial charge in [0.05, 0.1) is 12.9 Å². The van der Waals surface area contributed by atoms with Crippen LogP contribution in [0.15, 0.2) is 4.99 Å². The van der Waals surface area contributed by atoms with Crippen molar-refractivity contribution in [1.29, 1.82) is 0 Å². The number of aliphatic imine (C=N–C) groups is 1. The lowest BCUT2D eigenvalue weighted by Gasteiger charge is -2.01. The lowest BCUT2D eigenvalue weighted by atomic mass is 10.2. The van der Waals surface area contributed by atoms with Gasteiger partial charge in [0.1, 0.15) is 6.04 Å². The van der Waals surface area contributed by atoms with E-state index in [1.807, 2.05) is 0 Å². The van der Waals surface area contributed by atoms with E-state index in [1.54, 1.807) is 13.3 Å². The van der Waals surface area contributed by atoms with E-state index in [1.165, 1.54) is 0 Å². The lowest BCUT2D eigenvalue weighted by Crippen LogP contribution is -2.31. The second kappa shape index (κ2) is 1.94. The summed E-state index contributed by atoms with van der Waals surface area (Å²) in [7, 11) is 0. The van der Waals surface area contributed by atoms with Gasteiger partial charge >= 0.3 is 0 Å². The molecule has 1 heterocycles. The predicted molar refractivity (Wildman–Crippen MR) is 31.0 cm³/mol. The quantitative estimate of drug-likeness (QED) is 0.500. The van der Waals surface area contributed by atoms with Crippen molar-refractivity contribution in [3.8, 4) is 0 Å². The van der Waals surface area contributed by atoms with Crippen LogP contribution in [0.1, 0.15) is 6.92 Å².